The number of rotatable bonds is 7. The van der Waals surface area contributed by atoms with Crippen molar-refractivity contribution in [3.63, 3.8) is 0 Å². The van der Waals surface area contributed by atoms with Crippen molar-refractivity contribution in [2.45, 2.75) is 37.1 Å². The molecule has 1 unspecified atom stereocenters. The predicted molar refractivity (Wildman–Crippen MR) is 115 cm³/mol. The summed E-state index contributed by atoms with van der Waals surface area (Å²) in [6, 6.07) is 3.45. The molecule has 174 valence electrons. The summed E-state index contributed by atoms with van der Waals surface area (Å²) in [6.07, 6.45) is 2.90. The highest BCUT2D eigenvalue weighted by Gasteiger charge is 2.35. The van der Waals surface area contributed by atoms with E-state index in [0.717, 1.165) is 12.7 Å². The molecule has 31 heavy (non-hydrogen) atoms. The molecular weight excluding hydrogens is 446 g/mol. The third-order valence-corrected chi connectivity index (χ3v) is 8.48. The molecule has 2 aliphatic heterocycles. The zero-order chi connectivity index (χ0) is 22.6. The van der Waals surface area contributed by atoms with Gasteiger partial charge in [0.05, 0.1) is 36.7 Å². The molecule has 1 aromatic rings. The van der Waals surface area contributed by atoms with Crippen molar-refractivity contribution in [3.8, 4) is 5.75 Å². The Labute approximate surface area is 183 Å². The Morgan fingerprint density at radius 3 is 2.52 bits per heavy atom. The minimum Gasteiger partial charge on any atom is -0.492 e. The van der Waals surface area contributed by atoms with Crippen LogP contribution in [0.4, 0.5) is 5.69 Å². The molecule has 3 rings (SSSR count). The van der Waals surface area contributed by atoms with Gasteiger partial charge in [0, 0.05) is 19.6 Å². The van der Waals surface area contributed by atoms with Crippen LogP contribution in [0.2, 0.25) is 0 Å². The molecule has 10 nitrogen and oxygen atoms in total. The maximum absolute atomic E-state index is 13.0. The standard InChI is InChI=1S/C19H29N3O7S2/c1-3-29-18-8-7-15(31(26,27)21-10-12-28-13-11-21)14-16(18)20-19(23)17-6-4-5-9-22(17)30(2,24)25/h7-8,14,17H,3-6,9-13H2,1-2H3,(H,20,23). The van der Waals surface area contributed by atoms with Gasteiger partial charge in [-0.15, -0.1) is 0 Å². The van der Waals surface area contributed by atoms with E-state index in [9.17, 15) is 21.6 Å². The van der Waals surface area contributed by atoms with Crippen molar-refractivity contribution in [1.82, 2.24) is 8.61 Å². The third kappa shape index (κ3) is 5.55. The molecule has 2 aliphatic rings. The van der Waals surface area contributed by atoms with Crippen LogP contribution in [0.5, 0.6) is 5.75 Å². The van der Waals surface area contributed by atoms with Crippen LogP contribution in [-0.4, -0.2) is 83.1 Å². The van der Waals surface area contributed by atoms with E-state index in [1.54, 1.807) is 6.92 Å². The van der Waals surface area contributed by atoms with Gasteiger partial charge in [-0.05, 0) is 38.0 Å². The number of anilines is 1. The average Bonchev–Trinajstić information content (AvgIpc) is 2.75. The number of nitrogens with one attached hydrogen (secondary N) is 1. The number of hydrogen-bond acceptors (Lipinski definition) is 7. The molecule has 0 radical (unpaired) electrons. The zero-order valence-electron chi connectivity index (χ0n) is 17.7. The molecule has 2 heterocycles. The van der Waals surface area contributed by atoms with Crippen LogP contribution in [0.3, 0.4) is 0 Å². The number of nitrogens with zero attached hydrogens (tertiary/aromatic N) is 2. The number of morpholine rings is 1. The van der Waals surface area contributed by atoms with E-state index < -0.39 is 32.0 Å². The fraction of sp³-hybridized carbons (Fsp3) is 0.632. The fourth-order valence-corrected chi connectivity index (χ4v) is 6.32. The summed E-state index contributed by atoms with van der Waals surface area (Å²) in [5.41, 5.74) is 0.195. The molecule has 1 N–H and O–H groups in total. The summed E-state index contributed by atoms with van der Waals surface area (Å²) in [5, 5.41) is 2.70. The van der Waals surface area contributed by atoms with E-state index in [4.69, 9.17) is 9.47 Å². The highest BCUT2D eigenvalue weighted by Crippen LogP contribution is 2.31. The summed E-state index contributed by atoms with van der Waals surface area (Å²) in [6.45, 7) is 3.52. The van der Waals surface area contributed by atoms with Crippen molar-refractivity contribution in [1.29, 1.82) is 0 Å². The second-order valence-electron chi connectivity index (χ2n) is 7.48. The predicted octanol–water partition coefficient (Wildman–Crippen LogP) is 0.859. The third-order valence-electron chi connectivity index (χ3n) is 5.30. The lowest BCUT2D eigenvalue weighted by Crippen LogP contribution is -2.49. The van der Waals surface area contributed by atoms with Crippen molar-refractivity contribution in [3.05, 3.63) is 18.2 Å². The Hall–Kier alpha value is -1.73. The van der Waals surface area contributed by atoms with Gasteiger partial charge in [0.2, 0.25) is 26.0 Å². The first-order valence-corrected chi connectivity index (χ1v) is 13.6. The first kappa shape index (κ1) is 23.9. The van der Waals surface area contributed by atoms with Gasteiger partial charge in [-0.2, -0.15) is 8.61 Å². The van der Waals surface area contributed by atoms with Crippen LogP contribution in [0, 0.1) is 0 Å². The SMILES string of the molecule is CCOc1ccc(S(=O)(=O)N2CCOCC2)cc1NC(=O)C1CCCCN1S(C)(=O)=O. The summed E-state index contributed by atoms with van der Waals surface area (Å²) in [7, 11) is -7.32. The second kappa shape index (κ2) is 9.82. The summed E-state index contributed by atoms with van der Waals surface area (Å²) < 4.78 is 63.6. The minimum absolute atomic E-state index is 0.0248. The first-order valence-electron chi connectivity index (χ1n) is 10.3. The molecular formula is C19H29N3O7S2. The van der Waals surface area contributed by atoms with E-state index in [-0.39, 0.29) is 30.2 Å². The molecule has 0 spiro atoms. The second-order valence-corrected chi connectivity index (χ2v) is 11.4. The number of carbonyl (C=O) groups is 1. The molecule has 0 aromatic heterocycles. The van der Waals surface area contributed by atoms with Crippen molar-refractivity contribution in [2.75, 3.05) is 51.0 Å². The Balaban J connectivity index is 1.90. The number of piperidine rings is 1. The van der Waals surface area contributed by atoms with Gasteiger partial charge in [0.1, 0.15) is 11.8 Å². The number of sulfonamides is 2. The summed E-state index contributed by atoms with van der Waals surface area (Å²) in [4.78, 5) is 13.0. The fourth-order valence-electron chi connectivity index (χ4n) is 3.76. The normalized spacial score (nSPS) is 21.5. The lowest BCUT2D eigenvalue weighted by atomic mass is 10.0. The van der Waals surface area contributed by atoms with E-state index in [1.807, 2.05) is 0 Å². The molecule has 0 aliphatic carbocycles. The molecule has 1 aromatic carbocycles. The maximum Gasteiger partial charge on any atom is 0.243 e. The van der Waals surface area contributed by atoms with Crippen LogP contribution >= 0.6 is 0 Å². The monoisotopic (exact) mass is 475 g/mol. The smallest absolute Gasteiger partial charge is 0.243 e. The molecule has 2 saturated heterocycles. The Bertz CT molecular complexity index is 1010. The van der Waals surface area contributed by atoms with E-state index >= 15 is 0 Å². The van der Waals surface area contributed by atoms with Gasteiger partial charge in [0.25, 0.3) is 0 Å². The largest absolute Gasteiger partial charge is 0.492 e. The van der Waals surface area contributed by atoms with Crippen LogP contribution in [0.15, 0.2) is 23.1 Å². The van der Waals surface area contributed by atoms with E-state index in [0.29, 0.717) is 38.4 Å². The van der Waals surface area contributed by atoms with E-state index in [1.165, 1.54) is 26.8 Å². The van der Waals surface area contributed by atoms with Gasteiger partial charge >= 0.3 is 0 Å². The lowest BCUT2D eigenvalue weighted by molar-refractivity contribution is -0.120. The van der Waals surface area contributed by atoms with Gasteiger partial charge in [0.15, 0.2) is 0 Å². The van der Waals surface area contributed by atoms with Gasteiger partial charge in [-0.1, -0.05) is 6.42 Å². The van der Waals surface area contributed by atoms with Crippen LogP contribution in [0.25, 0.3) is 0 Å². The topological polar surface area (TPSA) is 122 Å². The van der Waals surface area contributed by atoms with Crippen LogP contribution < -0.4 is 10.1 Å². The summed E-state index contributed by atoms with van der Waals surface area (Å²) in [5.74, 6) is -0.189. The Morgan fingerprint density at radius 2 is 1.87 bits per heavy atom. The van der Waals surface area contributed by atoms with Crippen LogP contribution in [-0.2, 0) is 29.6 Å². The van der Waals surface area contributed by atoms with Crippen molar-refractivity contribution >= 4 is 31.6 Å². The quantitative estimate of drug-likeness (QED) is 0.620. The van der Waals surface area contributed by atoms with Crippen molar-refractivity contribution < 1.29 is 31.1 Å². The summed E-state index contributed by atoms with van der Waals surface area (Å²) >= 11 is 0. The number of hydrogen-bond donors (Lipinski definition) is 1. The number of ether oxygens (including phenoxy) is 2. The van der Waals surface area contributed by atoms with Gasteiger partial charge in [-0.3, -0.25) is 4.79 Å². The van der Waals surface area contributed by atoms with Gasteiger partial charge in [-0.25, -0.2) is 16.8 Å². The van der Waals surface area contributed by atoms with Crippen molar-refractivity contribution in [2.24, 2.45) is 0 Å². The zero-order valence-corrected chi connectivity index (χ0v) is 19.4. The molecule has 1 atom stereocenters. The highest BCUT2D eigenvalue weighted by molar-refractivity contribution is 7.89. The molecule has 0 bridgehead atoms. The molecule has 2 fully saturated rings. The molecule has 1 amide bonds. The maximum atomic E-state index is 13.0. The highest BCUT2D eigenvalue weighted by atomic mass is 32.2. The number of amides is 1. The van der Waals surface area contributed by atoms with Gasteiger partial charge < -0.3 is 14.8 Å². The molecule has 0 saturated carbocycles. The molecule has 12 heteroatoms. The van der Waals surface area contributed by atoms with E-state index in [2.05, 4.69) is 5.32 Å². The number of benzene rings is 1. The Kier molecular flexibility index (Phi) is 7.58. The minimum atomic E-state index is -3.77. The number of carbonyl (C=O) groups excluding carboxylic acids is 1. The average molecular weight is 476 g/mol. The first-order chi connectivity index (χ1) is 14.6. The van der Waals surface area contributed by atoms with Crippen LogP contribution in [0.1, 0.15) is 26.2 Å². The lowest BCUT2D eigenvalue weighted by Gasteiger charge is -2.32. The Morgan fingerprint density at radius 1 is 1.16 bits per heavy atom.